The number of nitrogens with zero attached hydrogens (tertiary/aromatic N) is 3. The summed E-state index contributed by atoms with van der Waals surface area (Å²) in [5.41, 5.74) is 7.63. The lowest BCUT2D eigenvalue weighted by Gasteiger charge is -2.20. The Hall–Kier alpha value is -3.46. The van der Waals surface area contributed by atoms with E-state index in [0.29, 0.717) is 12.0 Å². The number of hydrogen-bond acceptors (Lipinski definition) is 6. The van der Waals surface area contributed by atoms with E-state index in [1.807, 2.05) is 0 Å². The molecule has 1 aliphatic heterocycles. The molecule has 5 N–H and O–H groups in total. The van der Waals surface area contributed by atoms with Crippen LogP contribution in [0.3, 0.4) is 0 Å². The molecular formula is C17H17N5O4. The molecule has 0 fully saturated rings. The Bertz CT molecular complexity index is 871. The van der Waals surface area contributed by atoms with Crippen LogP contribution in [0.1, 0.15) is 11.3 Å². The minimum absolute atomic E-state index is 0.0898. The van der Waals surface area contributed by atoms with Gasteiger partial charge < -0.3 is 20.9 Å². The summed E-state index contributed by atoms with van der Waals surface area (Å²) < 4.78 is 0. The SMILES string of the molecule is NC(Cc1cnc[nH]1)C1=NC(=Cc2ccc(O)cc2)C(=O)N1CC(=O)O. The Morgan fingerprint density at radius 1 is 1.35 bits per heavy atom. The fraction of sp³-hybridized carbons (Fsp3) is 0.176. The van der Waals surface area contributed by atoms with Crippen molar-refractivity contribution < 1.29 is 19.8 Å². The first-order valence-electron chi connectivity index (χ1n) is 7.80. The summed E-state index contributed by atoms with van der Waals surface area (Å²) in [5, 5.41) is 18.4. The maximum Gasteiger partial charge on any atom is 0.323 e. The first-order chi connectivity index (χ1) is 12.4. The molecule has 26 heavy (non-hydrogen) atoms. The molecule has 0 saturated heterocycles. The van der Waals surface area contributed by atoms with Gasteiger partial charge in [-0.15, -0.1) is 0 Å². The van der Waals surface area contributed by atoms with Crippen molar-refractivity contribution in [3.63, 3.8) is 0 Å². The third-order valence-electron chi connectivity index (χ3n) is 3.79. The van der Waals surface area contributed by atoms with Gasteiger partial charge in [0.05, 0.1) is 12.4 Å². The maximum atomic E-state index is 12.6. The number of aromatic amines is 1. The second-order valence-corrected chi connectivity index (χ2v) is 5.76. The predicted octanol–water partition coefficient (Wildman–Crippen LogP) is 0.351. The number of aliphatic carboxylic acids is 1. The third-order valence-corrected chi connectivity index (χ3v) is 3.79. The highest BCUT2D eigenvalue weighted by atomic mass is 16.4. The Kier molecular flexibility index (Phi) is 4.81. The lowest BCUT2D eigenvalue weighted by atomic mass is 10.1. The monoisotopic (exact) mass is 355 g/mol. The van der Waals surface area contributed by atoms with E-state index in [0.717, 1.165) is 10.6 Å². The van der Waals surface area contributed by atoms with Crippen molar-refractivity contribution in [2.24, 2.45) is 10.7 Å². The normalized spacial score (nSPS) is 16.8. The number of carbonyl (C=O) groups excluding carboxylic acids is 1. The predicted molar refractivity (Wildman–Crippen MR) is 93.1 cm³/mol. The smallest absolute Gasteiger partial charge is 0.323 e. The number of benzene rings is 1. The number of H-pyrrole nitrogens is 1. The number of carboxylic acids is 1. The summed E-state index contributed by atoms with van der Waals surface area (Å²) in [6.07, 6.45) is 4.96. The van der Waals surface area contributed by atoms with Crippen molar-refractivity contribution >= 4 is 23.8 Å². The number of carboxylic acid groups (broad SMARTS) is 1. The van der Waals surface area contributed by atoms with Crippen LogP contribution in [0.4, 0.5) is 0 Å². The summed E-state index contributed by atoms with van der Waals surface area (Å²) in [4.78, 5) is 35.9. The highest BCUT2D eigenvalue weighted by Gasteiger charge is 2.34. The lowest BCUT2D eigenvalue weighted by molar-refractivity contribution is -0.140. The molecule has 0 bridgehead atoms. The van der Waals surface area contributed by atoms with E-state index in [4.69, 9.17) is 10.8 Å². The Morgan fingerprint density at radius 2 is 2.08 bits per heavy atom. The number of nitrogens with two attached hydrogens (primary N) is 1. The second-order valence-electron chi connectivity index (χ2n) is 5.76. The van der Waals surface area contributed by atoms with Crippen LogP contribution in [0, 0.1) is 0 Å². The molecule has 2 heterocycles. The quantitative estimate of drug-likeness (QED) is 0.550. The average molecular weight is 355 g/mol. The molecule has 9 heteroatoms. The van der Waals surface area contributed by atoms with Crippen molar-refractivity contribution in [3.8, 4) is 5.75 Å². The van der Waals surface area contributed by atoms with Gasteiger partial charge in [-0.1, -0.05) is 12.1 Å². The van der Waals surface area contributed by atoms with Crippen LogP contribution in [0.2, 0.25) is 0 Å². The average Bonchev–Trinajstić information content (AvgIpc) is 3.20. The minimum atomic E-state index is -1.16. The molecule has 0 saturated carbocycles. The van der Waals surface area contributed by atoms with E-state index in [1.54, 1.807) is 18.3 Å². The van der Waals surface area contributed by atoms with Crippen molar-refractivity contribution in [2.45, 2.75) is 12.5 Å². The molecule has 2 aromatic rings. The van der Waals surface area contributed by atoms with Crippen LogP contribution in [0.5, 0.6) is 5.75 Å². The van der Waals surface area contributed by atoms with E-state index in [9.17, 15) is 14.7 Å². The van der Waals surface area contributed by atoms with Crippen LogP contribution >= 0.6 is 0 Å². The molecule has 0 radical (unpaired) electrons. The Morgan fingerprint density at radius 3 is 2.69 bits per heavy atom. The summed E-state index contributed by atoms with van der Waals surface area (Å²) in [7, 11) is 0. The van der Waals surface area contributed by atoms with Gasteiger partial charge in [0, 0.05) is 18.3 Å². The van der Waals surface area contributed by atoms with Gasteiger partial charge >= 0.3 is 5.97 Å². The fourth-order valence-electron chi connectivity index (χ4n) is 2.59. The van der Waals surface area contributed by atoms with E-state index in [-0.39, 0.29) is 17.3 Å². The van der Waals surface area contributed by atoms with Gasteiger partial charge in [0.25, 0.3) is 5.91 Å². The number of amidine groups is 1. The number of aromatic nitrogens is 2. The molecule has 134 valence electrons. The summed E-state index contributed by atoms with van der Waals surface area (Å²) in [6, 6.07) is 5.53. The van der Waals surface area contributed by atoms with Crippen molar-refractivity contribution in [2.75, 3.05) is 6.54 Å². The highest BCUT2D eigenvalue weighted by Crippen LogP contribution is 2.21. The van der Waals surface area contributed by atoms with Gasteiger partial charge in [0.2, 0.25) is 0 Å². The molecular weight excluding hydrogens is 338 g/mol. The first kappa shape index (κ1) is 17.4. The topological polar surface area (TPSA) is 145 Å². The molecule has 1 amide bonds. The number of amides is 1. The van der Waals surface area contributed by atoms with Gasteiger partial charge in [-0.25, -0.2) is 9.98 Å². The zero-order valence-electron chi connectivity index (χ0n) is 13.7. The largest absolute Gasteiger partial charge is 0.508 e. The van der Waals surface area contributed by atoms with Gasteiger partial charge in [-0.2, -0.15) is 0 Å². The second kappa shape index (κ2) is 7.19. The number of carbonyl (C=O) groups is 2. The molecule has 3 rings (SSSR count). The van der Waals surface area contributed by atoms with Crippen LogP contribution < -0.4 is 5.73 Å². The van der Waals surface area contributed by atoms with E-state index < -0.39 is 24.5 Å². The standard InChI is InChI=1S/C17H17N5O4/c18-13(6-11-7-19-9-20-11)16-21-14(17(26)22(16)8-15(24)25)5-10-1-3-12(23)4-2-10/h1-5,7,9,13,23H,6,8,18H2,(H,19,20)(H,24,25). The number of hydrogen-bond donors (Lipinski definition) is 4. The van der Waals surface area contributed by atoms with E-state index in [2.05, 4.69) is 15.0 Å². The van der Waals surface area contributed by atoms with E-state index >= 15 is 0 Å². The molecule has 0 spiro atoms. The van der Waals surface area contributed by atoms with Gasteiger partial charge in [-0.05, 0) is 23.8 Å². The Labute approximate surface area is 148 Å². The highest BCUT2D eigenvalue weighted by molar-refractivity contribution is 6.16. The van der Waals surface area contributed by atoms with Gasteiger partial charge in [-0.3, -0.25) is 14.5 Å². The van der Waals surface area contributed by atoms with Crippen LogP contribution in [-0.2, 0) is 16.0 Å². The number of nitrogens with one attached hydrogen (secondary N) is 1. The molecule has 9 nitrogen and oxygen atoms in total. The number of phenolic OH excluding ortho intramolecular Hbond substituents is 1. The summed E-state index contributed by atoms with van der Waals surface area (Å²) in [5.74, 6) is -1.40. The first-order valence-corrected chi connectivity index (χ1v) is 7.80. The Balaban J connectivity index is 1.90. The third kappa shape index (κ3) is 3.78. The maximum absolute atomic E-state index is 12.6. The van der Waals surface area contributed by atoms with Crippen molar-refractivity contribution in [1.29, 1.82) is 0 Å². The summed E-state index contributed by atoms with van der Waals surface area (Å²) in [6.45, 7) is -0.527. The van der Waals surface area contributed by atoms with Crippen molar-refractivity contribution in [1.82, 2.24) is 14.9 Å². The van der Waals surface area contributed by atoms with Gasteiger partial charge in [0.15, 0.2) is 0 Å². The molecule has 0 aliphatic carbocycles. The zero-order valence-corrected chi connectivity index (χ0v) is 13.7. The summed E-state index contributed by atoms with van der Waals surface area (Å²) >= 11 is 0. The fourth-order valence-corrected chi connectivity index (χ4v) is 2.59. The number of aromatic hydroxyl groups is 1. The molecule has 1 aliphatic rings. The van der Waals surface area contributed by atoms with Crippen molar-refractivity contribution in [3.05, 3.63) is 53.7 Å². The van der Waals surface area contributed by atoms with E-state index in [1.165, 1.54) is 24.5 Å². The number of imidazole rings is 1. The molecule has 1 atom stereocenters. The number of aliphatic imine (C=N–C) groups is 1. The lowest BCUT2D eigenvalue weighted by Crippen LogP contribution is -2.46. The number of rotatable bonds is 6. The van der Waals surface area contributed by atoms with Crippen LogP contribution in [0.25, 0.3) is 6.08 Å². The van der Waals surface area contributed by atoms with Gasteiger partial charge in [0.1, 0.15) is 23.8 Å². The molecule has 1 aromatic carbocycles. The van der Waals surface area contributed by atoms with Crippen LogP contribution in [0.15, 0.2) is 47.5 Å². The number of phenols is 1. The van der Waals surface area contributed by atoms with Crippen LogP contribution in [-0.4, -0.2) is 55.4 Å². The molecule has 1 aromatic heterocycles. The molecule has 1 unspecified atom stereocenters. The zero-order chi connectivity index (χ0) is 18.7. The minimum Gasteiger partial charge on any atom is -0.508 e.